The van der Waals surface area contributed by atoms with E-state index in [0.29, 0.717) is 17.9 Å². The second kappa shape index (κ2) is 6.05. The largest absolute Gasteiger partial charge is 0.387 e. The summed E-state index contributed by atoms with van der Waals surface area (Å²) < 4.78 is 0. The Labute approximate surface area is 140 Å². The number of hydrogen-bond donors (Lipinski definition) is 2. The standard InChI is InChI=1S/C17H23N5O2/c1-21(17-14-4-5-18-16(14)19-10-20-17)13-3-2-11-7-22(15(24)9-23)8-12(11)6-13/h4-5,10-13,23H,2-3,6-9H2,1H3,(H,18,19,20). The molecule has 7 nitrogen and oxygen atoms in total. The molecule has 2 aliphatic rings. The smallest absolute Gasteiger partial charge is 0.248 e. The van der Waals surface area contributed by atoms with Crippen LogP contribution in [0, 0.1) is 11.8 Å². The minimum absolute atomic E-state index is 0.140. The first kappa shape index (κ1) is 15.4. The Bertz CT molecular complexity index is 745. The van der Waals surface area contributed by atoms with Gasteiger partial charge in [0, 0.05) is 32.4 Å². The lowest BCUT2D eigenvalue weighted by molar-refractivity contribution is -0.133. The van der Waals surface area contributed by atoms with Crippen LogP contribution in [0.4, 0.5) is 5.82 Å². The number of aromatic amines is 1. The Balaban J connectivity index is 1.50. The highest BCUT2D eigenvalue weighted by Crippen LogP contribution is 2.39. The van der Waals surface area contributed by atoms with Gasteiger partial charge in [-0.25, -0.2) is 9.97 Å². The minimum Gasteiger partial charge on any atom is -0.387 e. The van der Waals surface area contributed by atoms with Crippen molar-refractivity contribution in [1.29, 1.82) is 0 Å². The topological polar surface area (TPSA) is 85.4 Å². The molecule has 2 fully saturated rings. The maximum Gasteiger partial charge on any atom is 0.248 e. The minimum atomic E-state index is -0.380. The van der Waals surface area contributed by atoms with Crippen LogP contribution < -0.4 is 4.90 Å². The van der Waals surface area contributed by atoms with Crippen molar-refractivity contribution >= 4 is 22.8 Å². The van der Waals surface area contributed by atoms with Gasteiger partial charge < -0.3 is 19.9 Å². The quantitative estimate of drug-likeness (QED) is 0.878. The molecule has 3 heterocycles. The van der Waals surface area contributed by atoms with Gasteiger partial charge in [-0.1, -0.05) is 0 Å². The number of likely N-dealkylation sites (tertiary alicyclic amines) is 1. The van der Waals surface area contributed by atoms with Crippen molar-refractivity contribution in [2.24, 2.45) is 11.8 Å². The zero-order valence-electron chi connectivity index (χ0n) is 13.9. The molecule has 0 spiro atoms. The second-order valence-corrected chi connectivity index (χ2v) is 6.99. The van der Waals surface area contributed by atoms with Crippen LogP contribution >= 0.6 is 0 Å². The van der Waals surface area contributed by atoms with Gasteiger partial charge in [0.2, 0.25) is 5.91 Å². The number of nitrogens with zero attached hydrogens (tertiary/aromatic N) is 4. The zero-order chi connectivity index (χ0) is 16.7. The van der Waals surface area contributed by atoms with Gasteiger partial charge in [-0.15, -0.1) is 0 Å². The number of H-pyrrole nitrogens is 1. The van der Waals surface area contributed by atoms with Gasteiger partial charge in [0.1, 0.15) is 24.4 Å². The van der Waals surface area contributed by atoms with E-state index in [0.717, 1.165) is 49.2 Å². The van der Waals surface area contributed by atoms with Gasteiger partial charge >= 0.3 is 0 Å². The van der Waals surface area contributed by atoms with Crippen LogP contribution in [-0.4, -0.2) is 63.7 Å². The van der Waals surface area contributed by atoms with Gasteiger partial charge in [0.15, 0.2) is 0 Å². The summed E-state index contributed by atoms with van der Waals surface area (Å²) in [5.74, 6) is 1.92. The van der Waals surface area contributed by atoms with Crippen molar-refractivity contribution in [2.45, 2.75) is 25.3 Å². The van der Waals surface area contributed by atoms with E-state index in [4.69, 9.17) is 5.11 Å². The van der Waals surface area contributed by atoms with E-state index < -0.39 is 0 Å². The highest BCUT2D eigenvalue weighted by atomic mass is 16.3. The van der Waals surface area contributed by atoms with Gasteiger partial charge in [-0.05, 0) is 37.2 Å². The molecule has 3 unspecified atom stereocenters. The Hall–Kier alpha value is -2.15. The number of aromatic nitrogens is 3. The summed E-state index contributed by atoms with van der Waals surface area (Å²) in [5, 5.41) is 10.1. The first-order valence-corrected chi connectivity index (χ1v) is 8.57. The van der Waals surface area contributed by atoms with E-state index in [-0.39, 0.29) is 12.5 Å². The fourth-order valence-corrected chi connectivity index (χ4v) is 4.37. The van der Waals surface area contributed by atoms with Crippen molar-refractivity contribution in [3.8, 4) is 0 Å². The number of aliphatic hydroxyl groups is 1. The summed E-state index contributed by atoms with van der Waals surface area (Å²) in [6.45, 7) is 1.20. The molecular weight excluding hydrogens is 306 g/mol. The van der Waals surface area contributed by atoms with Crippen molar-refractivity contribution in [3.63, 3.8) is 0 Å². The molecule has 1 saturated heterocycles. The lowest BCUT2D eigenvalue weighted by Gasteiger charge is -2.37. The van der Waals surface area contributed by atoms with E-state index >= 15 is 0 Å². The second-order valence-electron chi connectivity index (χ2n) is 6.99. The Morgan fingerprint density at radius 3 is 3.04 bits per heavy atom. The molecular formula is C17H23N5O2. The van der Waals surface area contributed by atoms with Crippen LogP contribution in [0.5, 0.6) is 0 Å². The number of nitrogens with one attached hydrogen (secondary N) is 1. The predicted octanol–water partition coefficient (Wildman–Crippen LogP) is 1.01. The molecule has 128 valence electrons. The first-order valence-electron chi connectivity index (χ1n) is 8.57. The molecule has 4 rings (SSSR count). The van der Waals surface area contributed by atoms with Gasteiger partial charge in [-0.3, -0.25) is 4.79 Å². The highest BCUT2D eigenvalue weighted by Gasteiger charge is 2.40. The summed E-state index contributed by atoms with van der Waals surface area (Å²) in [6, 6.07) is 2.44. The molecule has 1 aliphatic carbocycles. The van der Waals surface area contributed by atoms with Crippen molar-refractivity contribution in [3.05, 3.63) is 18.6 Å². The molecule has 0 aromatic carbocycles. The summed E-state index contributed by atoms with van der Waals surface area (Å²) >= 11 is 0. The lowest BCUT2D eigenvalue weighted by Crippen LogP contribution is -2.39. The number of fused-ring (bicyclic) bond motifs is 2. The number of rotatable bonds is 3. The molecule has 3 atom stereocenters. The number of anilines is 1. The molecule has 2 N–H and O–H groups in total. The third-order valence-corrected chi connectivity index (χ3v) is 5.72. The molecule has 1 amide bonds. The average Bonchev–Trinajstić information content (AvgIpc) is 3.25. The third kappa shape index (κ3) is 2.53. The average molecular weight is 329 g/mol. The number of hydrogen-bond acceptors (Lipinski definition) is 5. The van der Waals surface area contributed by atoms with Crippen LogP contribution in [0.2, 0.25) is 0 Å². The molecule has 1 saturated carbocycles. The SMILES string of the molecule is CN(c1ncnc2[nH]ccc12)C1CCC2CN(C(=O)CO)CC2C1. The monoisotopic (exact) mass is 329 g/mol. The molecule has 7 heteroatoms. The molecule has 1 aliphatic heterocycles. The van der Waals surface area contributed by atoms with Crippen LogP contribution in [-0.2, 0) is 4.79 Å². The van der Waals surface area contributed by atoms with E-state index in [2.05, 4.69) is 26.9 Å². The van der Waals surface area contributed by atoms with Crippen LogP contribution in [0.3, 0.4) is 0 Å². The molecule has 2 aromatic rings. The van der Waals surface area contributed by atoms with Crippen molar-refractivity contribution in [1.82, 2.24) is 19.9 Å². The zero-order valence-corrected chi connectivity index (χ0v) is 13.9. The van der Waals surface area contributed by atoms with Gasteiger partial charge in [-0.2, -0.15) is 0 Å². The number of carbonyl (C=O) groups is 1. The maximum absolute atomic E-state index is 11.8. The predicted molar refractivity (Wildman–Crippen MR) is 90.6 cm³/mol. The number of carbonyl (C=O) groups excluding carboxylic acids is 1. The Kier molecular flexibility index (Phi) is 3.88. The Morgan fingerprint density at radius 1 is 1.38 bits per heavy atom. The summed E-state index contributed by atoms with van der Waals surface area (Å²) in [5.41, 5.74) is 0.862. The van der Waals surface area contributed by atoms with E-state index in [1.54, 1.807) is 6.33 Å². The first-order chi connectivity index (χ1) is 11.7. The maximum atomic E-state index is 11.8. The van der Waals surface area contributed by atoms with E-state index in [9.17, 15) is 4.79 Å². The number of amides is 1. The molecule has 0 radical (unpaired) electrons. The van der Waals surface area contributed by atoms with E-state index in [1.165, 1.54) is 0 Å². The number of aliphatic hydroxyl groups excluding tert-OH is 1. The van der Waals surface area contributed by atoms with Gasteiger partial charge in [0.05, 0.1) is 5.39 Å². The molecule has 2 aromatic heterocycles. The molecule has 24 heavy (non-hydrogen) atoms. The van der Waals surface area contributed by atoms with Crippen LogP contribution in [0.1, 0.15) is 19.3 Å². The van der Waals surface area contributed by atoms with Gasteiger partial charge in [0.25, 0.3) is 0 Å². The lowest BCUT2D eigenvalue weighted by atomic mass is 9.78. The summed E-state index contributed by atoms with van der Waals surface area (Å²) in [4.78, 5) is 27.7. The summed E-state index contributed by atoms with van der Waals surface area (Å²) in [7, 11) is 2.10. The van der Waals surface area contributed by atoms with Crippen molar-refractivity contribution < 1.29 is 9.90 Å². The molecule has 0 bridgehead atoms. The van der Waals surface area contributed by atoms with Crippen molar-refractivity contribution in [2.75, 3.05) is 31.6 Å². The fourth-order valence-electron chi connectivity index (χ4n) is 4.37. The normalized spacial score (nSPS) is 26.6. The van der Waals surface area contributed by atoms with E-state index in [1.807, 2.05) is 17.2 Å². The summed E-state index contributed by atoms with van der Waals surface area (Å²) in [6.07, 6.45) is 6.79. The van der Waals surface area contributed by atoms with Crippen LogP contribution in [0.15, 0.2) is 18.6 Å². The third-order valence-electron chi connectivity index (χ3n) is 5.72. The fraction of sp³-hybridized carbons (Fsp3) is 0.588. The highest BCUT2D eigenvalue weighted by molar-refractivity contribution is 5.87. The Morgan fingerprint density at radius 2 is 2.21 bits per heavy atom. The van der Waals surface area contributed by atoms with Crippen LogP contribution in [0.25, 0.3) is 11.0 Å².